The van der Waals surface area contributed by atoms with Crippen molar-refractivity contribution in [2.24, 2.45) is 0 Å². The van der Waals surface area contributed by atoms with E-state index in [1.54, 1.807) is 0 Å². The normalized spacial score (nSPS) is 13.8. The molecular weight excluding hydrogens is 527 g/mol. The summed E-state index contributed by atoms with van der Waals surface area (Å²) in [6.45, 7) is 4.98. The zero-order valence-electron chi connectivity index (χ0n) is 25.0. The van der Waals surface area contributed by atoms with Gasteiger partial charge in [-0.05, 0) is 65.7 Å². The molecule has 0 amide bonds. The van der Waals surface area contributed by atoms with Crippen LogP contribution in [0.3, 0.4) is 0 Å². The van der Waals surface area contributed by atoms with Crippen LogP contribution in [0, 0.1) is 0 Å². The first-order valence-electron chi connectivity index (χ1n) is 15.7. The first kappa shape index (κ1) is 25.4. The number of rotatable bonds is 3. The number of fused-ring (bicyclic) bond motifs is 1. The minimum atomic E-state index is -0.153. The van der Waals surface area contributed by atoms with Gasteiger partial charge in [0, 0.05) is 5.41 Å². The Morgan fingerprint density at radius 1 is 0.432 bits per heavy atom. The third-order valence-electron chi connectivity index (χ3n) is 10.2. The van der Waals surface area contributed by atoms with Crippen LogP contribution < -0.4 is 16.4 Å². The molecular formula is C43H31B. The quantitative estimate of drug-likeness (QED) is 0.150. The fourth-order valence-electron chi connectivity index (χ4n) is 8.15. The molecule has 0 atom stereocenters. The maximum atomic E-state index is 2.51. The van der Waals surface area contributed by atoms with Crippen LogP contribution in [0.2, 0.25) is 0 Å². The van der Waals surface area contributed by atoms with E-state index in [9.17, 15) is 0 Å². The molecule has 0 spiro atoms. The topological polar surface area (TPSA) is 0 Å². The van der Waals surface area contributed by atoms with E-state index in [4.69, 9.17) is 0 Å². The minimum Gasteiger partial charge on any atom is -0.0686 e. The summed E-state index contributed by atoms with van der Waals surface area (Å²) >= 11 is 0. The van der Waals surface area contributed by atoms with Gasteiger partial charge in [0.05, 0.1) is 0 Å². The van der Waals surface area contributed by atoms with Crippen LogP contribution in [-0.2, 0) is 5.41 Å². The molecule has 1 heteroatoms. The van der Waals surface area contributed by atoms with Crippen LogP contribution in [0.4, 0.5) is 0 Å². The van der Waals surface area contributed by atoms with Gasteiger partial charge in [0.15, 0.2) is 0 Å². The van der Waals surface area contributed by atoms with E-state index in [0.717, 1.165) is 0 Å². The SMILES string of the molecule is CC1(C)c2ccccc2B(c2ccccc2)c2cc3ccc(-c4ccccc4-c4ccccc4)c4ccc5ccc1c2c5c34. The van der Waals surface area contributed by atoms with Crippen molar-refractivity contribution in [1.82, 2.24) is 0 Å². The molecule has 9 rings (SSSR count). The molecule has 1 heterocycles. The van der Waals surface area contributed by atoms with Gasteiger partial charge < -0.3 is 0 Å². The van der Waals surface area contributed by atoms with E-state index < -0.39 is 0 Å². The third kappa shape index (κ3) is 3.53. The number of hydrogen-bond acceptors (Lipinski definition) is 0. The van der Waals surface area contributed by atoms with Crippen molar-refractivity contribution in [1.29, 1.82) is 0 Å². The van der Waals surface area contributed by atoms with Crippen LogP contribution >= 0.6 is 0 Å². The second kappa shape index (κ2) is 9.43. The fraction of sp³-hybridized carbons (Fsp3) is 0.0698. The molecule has 0 fully saturated rings. The summed E-state index contributed by atoms with van der Waals surface area (Å²) in [5, 5.41) is 8.13. The van der Waals surface area contributed by atoms with Gasteiger partial charge >= 0.3 is 0 Å². The summed E-state index contributed by atoms with van der Waals surface area (Å²) < 4.78 is 0. The van der Waals surface area contributed by atoms with Crippen LogP contribution in [0.25, 0.3) is 54.6 Å². The summed E-state index contributed by atoms with van der Waals surface area (Å²) in [4.78, 5) is 0. The molecule has 8 aromatic carbocycles. The Kier molecular flexibility index (Phi) is 5.44. The highest BCUT2D eigenvalue weighted by molar-refractivity contribution is 6.97. The highest BCUT2D eigenvalue weighted by Gasteiger charge is 2.38. The highest BCUT2D eigenvalue weighted by atomic mass is 14.3. The molecule has 0 bridgehead atoms. The van der Waals surface area contributed by atoms with Crippen molar-refractivity contribution in [3.63, 3.8) is 0 Å². The van der Waals surface area contributed by atoms with Gasteiger partial charge in [-0.25, -0.2) is 0 Å². The second-order valence-electron chi connectivity index (χ2n) is 12.8. The van der Waals surface area contributed by atoms with Crippen molar-refractivity contribution in [2.75, 3.05) is 0 Å². The third-order valence-corrected chi connectivity index (χ3v) is 10.2. The van der Waals surface area contributed by atoms with E-state index in [0.29, 0.717) is 0 Å². The molecule has 206 valence electrons. The minimum absolute atomic E-state index is 0.153. The summed E-state index contributed by atoms with van der Waals surface area (Å²) in [5.41, 5.74) is 11.9. The lowest BCUT2D eigenvalue weighted by atomic mass is 9.35. The van der Waals surface area contributed by atoms with E-state index in [-0.39, 0.29) is 12.1 Å². The number of hydrogen-bond donors (Lipinski definition) is 0. The molecule has 0 aliphatic carbocycles. The summed E-state index contributed by atoms with van der Waals surface area (Å²) in [7, 11) is 0. The molecule has 0 aromatic heterocycles. The molecule has 1 aliphatic heterocycles. The van der Waals surface area contributed by atoms with E-state index in [2.05, 4.69) is 166 Å². The molecule has 0 saturated carbocycles. The smallest absolute Gasteiger partial charge is 0.0686 e. The van der Waals surface area contributed by atoms with E-state index >= 15 is 0 Å². The molecule has 0 N–H and O–H groups in total. The largest absolute Gasteiger partial charge is 0.242 e. The second-order valence-corrected chi connectivity index (χ2v) is 12.8. The predicted octanol–water partition coefficient (Wildman–Crippen LogP) is 9.07. The first-order valence-corrected chi connectivity index (χ1v) is 15.7. The van der Waals surface area contributed by atoms with Gasteiger partial charge in [-0.1, -0.05) is 182 Å². The summed E-state index contributed by atoms with van der Waals surface area (Å²) in [5.74, 6) is 0. The lowest BCUT2D eigenvalue weighted by Gasteiger charge is -2.29. The Bertz CT molecular complexity index is 2350. The van der Waals surface area contributed by atoms with E-state index in [1.165, 1.54) is 82.1 Å². The standard InChI is InChI=1S/C43H31B/c1-43(2)36-19-11-12-20-38(36)44(31-15-7-4-8-16-31)39-27-30-22-24-34(33-18-10-9-17-32(33)28-13-5-3-6-14-28)35-25-21-29-23-26-37(43)42(39)41(29)40(30)35/h3-27H,1-2H3. The van der Waals surface area contributed by atoms with Gasteiger partial charge in [0.1, 0.15) is 0 Å². The lowest BCUT2D eigenvalue weighted by Crippen LogP contribution is -2.53. The Balaban J connectivity index is 1.42. The summed E-state index contributed by atoms with van der Waals surface area (Å²) in [6.07, 6.45) is 0. The van der Waals surface area contributed by atoms with Crippen molar-refractivity contribution in [2.45, 2.75) is 19.3 Å². The Morgan fingerprint density at radius 3 is 1.91 bits per heavy atom. The van der Waals surface area contributed by atoms with Gasteiger partial charge in [-0.15, -0.1) is 0 Å². The Hall–Kier alpha value is -5.14. The molecule has 0 nitrogen and oxygen atoms in total. The average molecular weight is 559 g/mol. The lowest BCUT2D eigenvalue weighted by molar-refractivity contribution is 0.652. The highest BCUT2D eigenvalue weighted by Crippen LogP contribution is 2.45. The first-order chi connectivity index (χ1) is 21.6. The summed E-state index contributed by atoms with van der Waals surface area (Å²) in [6, 6.07) is 56.6. The Labute approximate surface area is 259 Å². The molecule has 0 saturated heterocycles. The average Bonchev–Trinajstić information content (AvgIpc) is 3.16. The zero-order chi connectivity index (χ0) is 29.4. The van der Waals surface area contributed by atoms with Crippen molar-refractivity contribution in [3.05, 3.63) is 163 Å². The maximum Gasteiger partial charge on any atom is 0.242 e. The molecule has 0 unspecified atom stereocenters. The Morgan fingerprint density at radius 2 is 1.09 bits per heavy atom. The molecule has 1 aliphatic rings. The molecule has 44 heavy (non-hydrogen) atoms. The van der Waals surface area contributed by atoms with Crippen molar-refractivity contribution >= 4 is 55.4 Å². The van der Waals surface area contributed by atoms with Crippen LogP contribution in [-0.4, -0.2) is 6.71 Å². The van der Waals surface area contributed by atoms with E-state index in [1.807, 2.05) is 0 Å². The van der Waals surface area contributed by atoms with Gasteiger partial charge in [0.25, 0.3) is 0 Å². The maximum absolute atomic E-state index is 2.51. The monoisotopic (exact) mass is 558 g/mol. The van der Waals surface area contributed by atoms with Gasteiger partial charge in [-0.2, -0.15) is 0 Å². The molecule has 8 aromatic rings. The predicted molar refractivity (Wildman–Crippen MR) is 191 cm³/mol. The van der Waals surface area contributed by atoms with Crippen molar-refractivity contribution < 1.29 is 0 Å². The van der Waals surface area contributed by atoms with Crippen molar-refractivity contribution in [3.8, 4) is 22.3 Å². The van der Waals surface area contributed by atoms with Crippen LogP contribution in [0.15, 0.2) is 152 Å². The van der Waals surface area contributed by atoms with Crippen LogP contribution in [0.5, 0.6) is 0 Å². The van der Waals surface area contributed by atoms with Gasteiger partial charge in [0.2, 0.25) is 6.71 Å². The van der Waals surface area contributed by atoms with Crippen LogP contribution in [0.1, 0.15) is 25.0 Å². The van der Waals surface area contributed by atoms with Gasteiger partial charge in [-0.3, -0.25) is 0 Å². The number of benzene rings is 8. The zero-order valence-corrected chi connectivity index (χ0v) is 25.0. The molecule has 0 radical (unpaired) electrons. The fourth-order valence-corrected chi connectivity index (χ4v) is 8.15.